The number of halogens is 1. The fourth-order valence-corrected chi connectivity index (χ4v) is 5.31. The van der Waals surface area contributed by atoms with E-state index in [2.05, 4.69) is 32.1 Å². The molecule has 5 aromatic rings. The van der Waals surface area contributed by atoms with Crippen LogP contribution in [0.2, 0.25) is 5.02 Å². The van der Waals surface area contributed by atoms with Crippen LogP contribution >= 0.6 is 11.6 Å². The Morgan fingerprint density at radius 1 is 0.974 bits per heavy atom. The molecule has 196 valence electrons. The molecule has 5 heterocycles. The Morgan fingerprint density at radius 3 is 2.51 bits per heavy atom. The Bertz CT molecular complexity index is 1660. The molecule has 1 aliphatic heterocycles. The average Bonchev–Trinajstić information content (AvgIpc) is 3.59. The van der Waals surface area contributed by atoms with Crippen LogP contribution in [0.25, 0.3) is 27.8 Å². The molecule has 0 radical (unpaired) electrons. The van der Waals surface area contributed by atoms with E-state index in [9.17, 15) is 10.4 Å². The standard InChI is InChI=1S/C29H27ClN8O/c1-35-17-24(16-33-35)22-12-26(29-23(13-31)15-34-38(29)18-22)21-5-6-28(32-14-21)37-9-7-36(8-10-37)19-27(39)20-3-2-4-25(30)11-20/h2-6,11-12,14-18,27,39H,7-10,19H2,1H3. The molecule has 1 unspecified atom stereocenters. The van der Waals surface area contributed by atoms with Gasteiger partial charge in [-0.25, -0.2) is 9.50 Å². The maximum absolute atomic E-state index is 10.7. The summed E-state index contributed by atoms with van der Waals surface area (Å²) < 4.78 is 3.51. The Labute approximate surface area is 231 Å². The number of aromatic nitrogens is 5. The number of hydrogen-bond acceptors (Lipinski definition) is 7. The van der Waals surface area contributed by atoms with Crippen molar-refractivity contribution in [3.63, 3.8) is 0 Å². The van der Waals surface area contributed by atoms with Crippen molar-refractivity contribution in [3.05, 3.63) is 89.6 Å². The van der Waals surface area contributed by atoms with Crippen LogP contribution in [-0.2, 0) is 7.05 Å². The van der Waals surface area contributed by atoms with Crippen molar-refractivity contribution in [3.8, 4) is 28.3 Å². The highest BCUT2D eigenvalue weighted by Gasteiger charge is 2.21. The number of fused-ring (bicyclic) bond motifs is 1. The fraction of sp³-hybridized carbons (Fsp3) is 0.241. The molecule has 0 saturated carbocycles. The van der Waals surface area contributed by atoms with Gasteiger partial charge >= 0.3 is 0 Å². The second-order valence-electron chi connectivity index (χ2n) is 9.77. The zero-order chi connectivity index (χ0) is 26.9. The second kappa shape index (κ2) is 10.5. The molecule has 1 aliphatic rings. The predicted molar refractivity (Wildman–Crippen MR) is 150 cm³/mol. The monoisotopic (exact) mass is 538 g/mol. The lowest BCUT2D eigenvalue weighted by Crippen LogP contribution is -2.47. The number of rotatable bonds is 6. The van der Waals surface area contributed by atoms with Gasteiger partial charge in [0.2, 0.25) is 0 Å². The number of nitriles is 1. The number of anilines is 1. The van der Waals surface area contributed by atoms with Gasteiger partial charge in [-0.1, -0.05) is 23.7 Å². The lowest BCUT2D eigenvalue weighted by atomic mass is 10.0. The van der Waals surface area contributed by atoms with Gasteiger partial charge in [-0.3, -0.25) is 9.58 Å². The number of nitrogens with zero attached hydrogens (tertiary/aromatic N) is 8. The molecule has 1 N–H and O–H groups in total. The third kappa shape index (κ3) is 5.10. The smallest absolute Gasteiger partial charge is 0.128 e. The molecule has 0 aliphatic carbocycles. The summed E-state index contributed by atoms with van der Waals surface area (Å²) in [4.78, 5) is 9.31. The largest absolute Gasteiger partial charge is 0.387 e. The number of aliphatic hydroxyl groups excluding tert-OH is 1. The molecule has 0 bridgehead atoms. The van der Waals surface area contributed by atoms with Crippen molar-refractivity contribution in [1.82, 2.24) is 29.3 Å². The molecular formula is C29H27ClN8O. The zero-order valence-electron chi connectivity index (χ0n) is 21.4. The minimum atomic E-state index is -0.575. The number of benzene rings is 1. The third-order valence-corrected chi connectivity index (χ3v) is 7.43. The molecule has 1 aromatic carbocycles. The van der Waals surface area contributed by atoms with E-state index in [0.29, 0.717) is 17.1 Å². The van der Waals surface area contributed by atoms with Crippen LogP contribution < -0.4 is 4.90 Å². The quantitative estimate of drug-likeness (QED) is 0.346. The highest BCUT2D eigenvalue weighted by molar-refractivity contribution is 6.30. The van der Waals surface area contributed by atoms with Crippen molar-refractivity contribution in [2.45, 2.75) is 6.10 Å². The number of pyridine rings is 2. The normalized spacial score (nSPS) is 15.0. The summed E-state index contributed by atoms with van der Waals surface area (Å²) in [6, 6.07) is 15.8. The summed E-state index contributed by atoms with van der Waals surface area (Å²) in [7, 11) is 1.88. The average molecular weight is 539 g/mol. The first-order chi connectivity index (χ1) is 19.0. The highest BCUT2D eigenvalue weighted by atomic mass is 35.5. The Hall–Kier alpha value is -4.23. The molecule has 39 heavy (non-hydrogen) atoms. The summed E-state index contributed by atoms with van der Waals surface area (Å²) in [5.74, 6) is 0.905. The van der Waals surface area contributed by atoms with Crippen LogP contribution in [0.1, 0.15) is 17.2 Å². The first-order valence-electron chi connectivity index (χ1n) is 12.8. The van der Waals surface area contributed by atoms with Gasteiger partial charge in [0.15, 0.2) is 0 Å². The lowest BCUT2D eigenvalue weighted by molar-refractivity contribution is 0.109. The molecule has 1 fully saturated rings. The van der Waals surface area contributed by atoms with Crippen molar-refractivity contribution in [2.75, 3.05) is 37.6 Å². The van der Waals surface area contributed by atoms with Gasteiger partial charge < -0.3 is 10.0 Å². The van der Waals surface area contributed by atoms with Crippen molar-refractivity contribution >= 4 is 22.9 Å². The molecular weight excluding hydrogens is 512 g/mol. The van der Waals surface area contributed by atoms with Crippen LogP contribution in [0.15, 0.2) is 73.4 Å². The number of hydrogen-bond donors (Lipinski definition) is 1. The summed E-state index contributed by atoms with van der Waals surface area (Å²) in [5, 5.41) is 29.7. The summed E-state index contributed by atoms with van der Waals surface area (Å²) in [6.07, 6.45) is 8.57. The SMILES string of the molecule is Cn1cc(-c2cc(-c3ccc(N4CCN(CC(O)c5cccc(Cl)c5)CC4)nc3)c3c(C#N)cnn3c2)cn1. The van der Waals surface area contributed by atoms with Gasteiger partial charge in [-0.05, 0) is 35.9 Å². The van der Waals surface area contributed by atoms with Gasteiger partial charge in [0.25, 0.3) is 0 Å². The van der Waals surface area contributed by atoms with Crippen LogP contribution in [0.5, 0.6) is 0 Å². The molecule has 0 spiro atoms. The van der Waals surface area contributed by atoms with Crippen molar-refractivity contribution in [1.29, 1.82) is 5.26 Å². The Morgan fingerprint density at radius 2 is 1.82 bits per heavy atom. The number of aryl methyl sites for hydroxylation is 1. The minimum Gasteiger partial charge on any atom is -0.387 e. The third-order valence-electron chi connectivity index (χ3n) is 7.19. The molecule has 6 rings (SSSR count). The van der Waals surface area contributed by atoms with E-state index in [0.717, 1.165) is 65.3 Å². The number of β-amino-alcohol motifs (C(OH)–C–C–N with tert-alkyl or cyclic N) is 1. The first kappa shape index (κ1) is 25.1. The van der Waals surface area contributed by atoms with E-state index >= 15 is 0 Å². The van der Waals surface area contributed by atoms with E-state index in [1.165, 1.54) is 0 Å². The summed E-state index contributed by atoms with van der Waals surface area (Å²) in [5.41, 5.74) is 5.84. The summed E-state index contributed by atoms with van der Waals surface area (Å²) in [6.45, 7) is 3.86. The fourth-order valence-electron chi connectivity index (χ4n) is 5.11. The van der Waals surface area contributed by atoms with Crippen LogP contribution in [0, 0.1) is 11.3 Å². The van der Waals surface area contributed by atoms with Gasteiger partial charge in [0.1, 0.15) is 11.9 Å². The van der Waals surface area contributed by atoms with Crippen LogP contribution in [0.4, 0.5) is 5.82 Å². The maximum Gasteiger partial charge on any atom is 0.128 e. The van der Waals surface area contributed by atoms with E-state index < -0.39 is 6.10 Å². The Balaban J connectivity index is 1.19. The van der Waals surface area contributed by atoms with E-state index in [-0.39, 0.29) is 0 Å². The summed E-state index contributed by atoms with van der Waals surface area (Å²) >= 11 is 6.08. The van der Waals surface area contributed by atoms with E-state index in [4.69, 9.17) is 16.6 Å². The molecule has 1 atom stereocenters. The van der Waals surface area contributed by atoms with Gasteiger partial charge in [0.05, 0.1) is 29.6 Å². The molecule has 1 saturated heterocycles. The van der Waals surface area contributed by atoms with Crippen LogP contribution in [-0.4, -0.2) is 67.1 Å². The minimum absolute atomic E-state index is 0.517. The number of piperazine rings is 1. The van der Waals surface area contributed by atoms with Crippen LogP contribution in [0.3, 0.4) is 0 Å². The second-order valence-corrected chi connectivity index (χ2v) is 10.2. The Kier molecular flexibility index (Phi) is 6.75. The van der Waals surface area contributed by atoms with Gasteiger partial charge in [-0.2, -0.15) is 15.5 Å². The molecule has 10 heteroatoms. The van der Waals surface area contributed by atoms with Crippen molar-refractivity contribution < 1.29 is 5.11 Å². The number of aliphatic hydroxyl groups is 1. The molecule has 4 aromatic heterocycles. The lowest BCUT2D eigenvalue weighted by Gasteiger charge is -2.36. The predicted octanol–water partition coefficient (Wildman–Crippen LogP) is 4.18. The van der Waals surface area contributed by atoms with Crippen molar-refractivity contribution in [2.24, 2.45) is 7.05 Å². The molecule has 9 nitrogen and oxygen atoms in total. The van der Waals surface area contributed by atoms with Gasteiger partial charge in [0, 0.05) is 85.6 Å². The van der Waals surface area contributed by atoms with E-state index in [1.807, 2.05) is 68.2 Å². The van der Waals surface area contributed by atoms with E-state index in [1.54, 1.807) is 15.4 Å². The zero-order valence-corrected chi connectivity index (χ0v) is 22.2. The first-order valence-corrected chi connectivity index (χ1v) is 13.1. The maximum atomic E-state index is 10.7. The molecule has 0 amide bonds. The topological polar surface area (TPSA) is 98.5 Å². The highest BCUT2D eigenvalue weighted by Crippen LogP contribution is 2.32. The van der Waals surface area contributed by atoms with Gasteiger partial charge in [-0.15, -0.1) is 0 Å².